The summed E-state index contributed by atoms with van der Waals surface area (Å²) in [7, 11) is -3.29. The highest BCUT2D eigenvalue weighted by Gasteiger charge is 2.56. The Balaban J connectivity index is 1.76. The molecule has 4 rings (SSSR count). The number of benzene rings is 2. The van der Waals surface area contributed by atoms with Crippen LogP contribution in [0.4, 0.5) is 0 Å². The van der Waals surface area contributed by atoms with Crippen LogP contribution in [0.3, 0.4) is 0 Å². The monoisotopic (exact) mass is 476 g/mol. The molecule has 2 saturated carbocycles. The van der Waals surface area contributed by atoms with Crippen LogP contribution in [-0.4, -0.2) is 21.9 Å². The van der Waals surface area contributed by atoms with Crippen molar-refractivity contribution < 1.29 is 4.79 Å². The summed E-state index contributed by atoms with van der Waals surface area (Å²) < 4.78 is 0. The minimum atomic E-state index is -2.10. The average Bonchev–Trinajstić information content (AvgIpc) is 2.95. The van der Waals surface area contributed by atoms with Gasteiger partial charge in [-0.2, -0.15) is 0 Å². The number of Topliss-reactive ketones (excluding diaryl/α,β-unsaturated/α-hetero) is 1. The largest absolute Gasteiger partial charge is 0.299 e. The topological polar surface area (TPSA) is 17.1 Å². The zero-order chi connectivity index (χ0) is 24.0. The predicted molar refractivity (Wildman–Crippen MR) is 148 cm³/mol. The lowest BCUT2D eigenvalue weighted by Gasteiger charge is -2.48. The molecule has 5 atom stereocenters. The quantitative estimate of drug-likeness (QED) is 0.416. The summed E-state index contributed by atoms with van der Waals surface area (Å²) in [6.07, 6.45) is 2.28. The Morgan fingerprint density at radius 3 is 1.73 bits per heavy atom. The van der Waals surface area contributed by atoms with E-state index in [0.717, 1.165) is 12.8 Å². The average molecular weight is 477 g/mol. The molecule has 0 spiro atoms. The Morgan fingerprint density at radius 2 is 1.27 bits per heavy atom. The third-order valence-electron chi connectivity index (χ3n) is 8.98. The van der Waals surface area contributed by atoms with Crippen LogP contribution in [0.25, 0.3) is 0 Å². The van der Waals surface area contributed by atoms with E-state index in [9.17, 15) is 4.79 Å². The fraction of sp³-hybridized carbons (Fsp3) is 0.567. The molecule has 0 aliphatic heterocycles. The molecule has 0 saturated heterocycles. The standard InChI is InChI=1S/C30H44OSi2/c1-22-24(18-23-19-25(20-32(5,6)7)28(22)29(23)31)21-33(30(2,3)4,26-14-10-8-11-15-26)27-16-12-9-13-17-27/h8-17,22-25,28H,18-21H2,1-7H3. The van der Waals surface area contributed by atoms with Crippen LogP contribution in [0.15, 0.2) is 60.7 Å². The highest BCUT2D eigenvalue weighted by Crippen LogP contribution is 2.54. The SMILES string of the molecule is CC1C(C[Si](c2ccccc2)(c2ccccc2)C(C)(C)C)CC2CC(C[Si](C)(C)C)C1C2=O. The summed E-state index contributed by atoms with van der Waals surface area (Å²) in [5.74, 6) is 3.00. The molecule has 2 aliphatic rings. The Labute approximate surface area is 204 Å². The Hall–Kier alpha value is -1.46. The fourth-order valence-electron chi connectivity index (χ4n) is 7.59. The number of rotatable bonds is 6. The van der Waals surface area contributed by atoms with Crippen LogP contribution in [-0.2, 0) is 4.79 Å². The molecule has 5 unspecified atom stereocenters. The van der Waals surface area contributed by atoms with Gasteiger partial charge in [-0.15, -0.1) is 0 Å². The van der Waals surface area contributed by atoms with Crippen molar-refractivity contribution in [2.75, 3.05) is 0 Å². The molecule has 1 nitrogen and oxygen atoms in total. The van der Waals surface area contributed by atoms with E-state index in [4.69, 9.17) is 0 Å². The zero-order valence-corrected chi connectivity index (χ0v) is 23.9. The lowest BCUT2D eigenvalue weighted by atomic mass is 9.72. The summed E-state index contributed by atoms with van der Waals surface area (Å²) >= 11 is 0. The summed E-state index contributed by atoms with van der Waals surface area (Å²) in [5, 5.41) is 3.30. The summed E-state index contributed by atoms with van der Waals surface area (Å²) in [4.78, 5) is 13.4. The molecule has 2 aliphatic carbocycles. The highest BCUT2D eigenvalue weighted by atomic mass is 28.3. The normalized spacial score (nSPS) is 28.2. The Morgan fingerprint density at radius 1 is 0.788 bits per heavy atom. The van der Waals surface area contributed by atoms with Gasteiger partial charge in [-0.05, 0) is 41.7 Å². The molecule has 2 aromatic carbocycles. The summed E-state index contributed by atoms with van der Waals surface area (Å²) in [6.45, 7) is 17.3. The van der Waals surface area contributed by atoms with Gasteiger partial charge in [-0.1, -0.05) is 124 Å². The highest BCUT2D eigenvalue weighted by molar-refractivity contribution is 7.04. The molecule has 2 fully saturated rings. The van der Waals surface area contributed by atoms with Gasteiger partial charge in [-0.25, -0.2) is 0 Å². The van der Waals surface area contributed by atoms with Crippen molar-refractivity contribution in [1.29, 1.82) is 0 Å². The van der Waals surface area contributed by atoms with E-state index in [1.54, 1.807) is 10.4 Å². The van der Waals surface area contributed by atoms with E-state index in [1.807, 2.05) is 0 Å². The number of hydrogen-bond acceptors (Lipinski definition) is 1. The maximum absolute atomic E-state index is 13.4. The molecule has 3 heteroatoms. The first kappa shape index (κ1) is 24.7. The van der Waals surface area contributed by atoms with E-state index < -0.39 is 16.1 Å². The molecule has 0 aromatic heterocycles. The number of ketones is 1. The smallest absolute Gasteiger partial charge is 0.139 e. The third kappa shape index (κ3) is 4.60. The van der Waals surface area contributed by atoms with Crippen LogP contribution >= 0.6 is 0 Å². The van der Waals surface area contributed by atoms with Crippen LogP contribution in [0.1, 0.15) is 40.5 Å². The minimum absolute atomic E-state index is 0.188. The number of carbonyl (C=O) groups is 1. The van der Waals surface area contributed by atoms with Gasteiger partial charge in [0.05, 0.1) is 0 Å². The van der Waals surface area contributed by atoms with Gasteiger partial charge in [0.1, 0.15) is 13.9 Å². The first-order valence-corrected chi connectivity index (χ1v) is 19.0. The van der Waals surface area contributed by atoms with Gasteiger partial charge in [-0.3, -0.25) is 4.79 Å². The molecular formula is C30H44OSi2. The Bertz CT molecular complexity index is 915. The van der Waals surface area contributed by atoms with Crippen LogP contribution in [0.5, 0.6) is 0 Å². The van der Waals surface area contributed by atoms with Crippen molar-refractivity contribution in [3.63, 3.8) is 0 Å². The van der Waals surface area contributed by atoms with Crippen molar-refractivity contribution in [2.24, 2.45) is 29.6 Å². The van der Waals surface area contributed by atoms with Gasteiger partial charge >= 0.3 is 0 Å². The van der Waals surface area contributed by atoms with E-state index in [2.05, 4.69) is 108 Å². The number of fused-ring (bicyclic) bond motifs is 2. The lowest BCUT2D eigenvalue weighted by molar-refractivity contribution is -0.129. The van der Waals surface area contributed by atoms with Crippen molar-refractivity contribution in [1.82, 2.24) is 0 Å². The lowest BCUT2D eigenvalue weighted by Crippen LogP contribution is -2.65. The van der Waals surface area contributed by atoms with Crippen molar-refractivity contribution in [3.05, 3.63) is 60.7 Å². The summed E-state index contributed by atoms with van der Waals surface area (Å²) in [5.41, 5.74) is 0. The zero-order valence-electron chi connectivity index (χ0n) is 21.9. The molecule has 33 heavy (non-hydrogen) atoms. The van der Waals surface area contributed by atoms with Gasteiger partial charge < -0.3 is 0 Å². The van der Waals surface area contributed by atoms with E-state index in [0.29, 0.717) is 35.4 Å². The molecule has 178 valence electrons. The van der Waals surface area contributed by atoms with E-state index >= 15 is 0 Å². The predicted octanol–water partition coefficient (Wildman–Crippen LogP) is 6.87. The molecule has 0 heterocycles. The number of carbonyl (C=O) groups excluding carboxylic acids is 1. The maximum Gasteiger partial charge on any atom is 0.139 e. The molecule has 2 aromatic rings. The molecule has 0 amide bonds. The summed E-state index contributed by atoms with van der Waals surface area (Å²) in [6, 6.07) is 25.4. The van der Waals surface area contributed by atoms with Crippen molar-refractivity contribution >= 4 is 32.3 Å². The van der Waals surface area contributed by atoms with Gasteiger partial charge in [0, 0.05) is 19.9 Å². The van der Waals surface area contributed by atoms with E-state index in [1.165, 1.54) is 12.1 Å². The second-order valence-corrected chi connectivity index (χ2v) is 23.7. The molecule has 0 radical (unpaired) electrons. The van der Waals surface area contributed by atoms with Crippen LogP contribution in [0.2, 0.25) is 36.8 Å². The van der Waals surface area contributed by atoms with Crippen molar-refractivity contribution in [3.8, 4) is 0 Å². The van der Waals surface area contributed by atoms with Gasteiger partial charge in [0.25, 0.3) is 0 Å². The first-order valence-electron chi connectivity index (χ1n) is 13.1. The number of hydrogen-bond donors (Lipinski definition) is 0. The molecule has 2 bridgehead atoms. The first-order chi connectivity index (χ1) is 15.4. The van der Waals surface area contributed by atoms with E-state index in [-0.39, 0.29) is 5.04 Å². The Kier molecular flexibility index (Phi) is 6.70. The fourth-order valence-corrected chi connectivity index (χ4v) is 15.6. The van der Waals surface area contributed by atoms with Gasteiger partial charge in [0.15, 0.2) is 0 Å². The van der Waals surface area contributed by atoms with Crippen LogP contribution < -0.4 is 10.4 Å². The van der Waals surface area contributed by atoms with Crippen molar-refractivity contribution in [2.45, 2.75) is 77.3 Å². The molecule has 0 N–H and O–H groups in total. The maximum atomic E-state index is 13.4. The van der Waals surface area contributed by atoms with Crippen LogP contribution in [0, 0.1) is 29.6 Å². The molecular weight excluding hydrogens is 433 g/mol. The minimum Gasteiger partial charge on any atom is -0.299 e. The second-order valence-electron chi connectivity index (χ2n) is 13.3. The van der Waals surface area contributed by atoms with Gasteiger partial charge in [0.2, 0.25) is 0 Å². The third-order valence-corrected chi connectivity index (χ3v) is 17.1. The second kappa shape index (κ2) is 8.96.